The number of nitrogens with zero attached hydrogens (tertiary/aromatic N) is 3. The van der Waals surface area contributed by atoms with E-state index in [0.29, 0.717) is 30.4 Å². The Hall–Kier alpha value is -3.56. The van der Waals surface area contributed by atoms with E-state index in [1.807, 2.05) is 44.2 Å². The molecule has 4 aromatic rings. The van der Waals surface area contributed by atoms with E-state index in [9.17, 15) is 4.79 Å². The Balaban J connectivity index is 1.45. The lowest BCUT2D eigenvalue weighted by atomic mass is 10.1. The fourth-order valence-corrected chi connectivity index (χ4v) is 4.56. The van der Waals surface area contributed by atoms with Gasteiger partial charge in [-0.2, -0.15) is 0 Å². The summed E-state index contributed by atoms with van der Waals surface area (Å²) in [6, 6.07) is 8.96. The standard InChI is InChI=1S/C26H25N3O4S2/c1-17-28-22(15-34-17)7-9-32-24-11-19(3-5-21-6-4-20(14-27-21)26(30)31)12-25(13-24)33-10-8-23-16-35-18(2)29-23/h3-6,11-16H,7-10H2,1-2H3,(H,30,31)/b5-3+. The van der Waals surface area contributed by atoms with Crippen molar-refractivity contribution in [2.75, 3.05) is 13.2 Å². The molecule has 3 aromatic heterocycles. The van der Waals surface area contributed by atoms with Gasteiger partial charge < -0.3 is 14.6 Å². The number of rotatable bonds is 11. The molecule has 7 nitrogen and oxygen atoms in total. The molecule has 0 bridgehead atoms. The number of aryl methyl sites for hydroxylation is 2. The highest BCUT2D eigenvalue weighted by atomic mass is 32.1. The highest BCUT2D eigenvalue weighted by Crippen LogP contribution is 2.25. The fraction of sp³-hybridized carbons (Fsp3) is 0.231. The minimum absolute atomic E-state index is 0.152. The average Bonchev–Trinajstić information content (AvgIpc) is 3.45. The molecule has 0 saturated carbocycles. The first-order valence-corrected chi connectivity index (χ1v) is 12.8. The third-order valence-electron chi connectivity index (χ3n) is 4.97. The van der Waals surface area contributed by atoms with Gasteiger partial charge in [0.1, 0.15) is 11.5 Å². The second-order valence-corrected chi connectivity index (χ2v) is 9.89. The molecule has 0 atom stereocenters. The first-order chi connectivity index (χ1) is 16.9. The van der Waals surface area contributed by atoms with Crippen molar-refractivity contribution in [1.29, 1.82) is 0 Å². The molecule has 0 amide bonds. The molecule has 0 saturated heterocycles. The number of ether oxygens (including phenoxy) is 2. The topological polar surface area (TPSA) is 94.4 Å². The first kappa shape index (κ1) is 24.6. The van der Waals surface area contributed by atoms with E-state index in [1.165, 1.54) is 12.3 Å². The minimum Gasteiger partial charge on any atom is -0.493 e. The Labute approximate surface area is 211 Å². The van der Waals surface area contributed by atoms with Gasteiger partial charge >= 0.3 is 5.97 Å². The van der Waals surface area contributed by atoms with E-state index in [2.05, 4.69) is 25.7 Å². The number of carbonyl (C=O) groups is 1. The maximum atomic E-state index is 11.0. The van der Waals surface area contributed by atoms with Crippen LogP contribution in [0.1, 0.15) is 43.0 Å². The van der Waals surface area contributed by atoms with Crippen molar-refractivity contribution in [3.63, 3.8) is 0 Å². The number of thiazole rings is 2. The maximum Gasteiger partial charge on any atom is 0.337 e. The highest BCUT2D eigenvalue weighted by Gasteiger charge is 2.06. The smallest absolute Gasteiger partial charge is 0.337 e. The number of hydrogen-bond acceptors (Lipinski definition) is 8. The van der Waals surface area contributed by atoms with Gasteiger partial charge in [0.05, 0.1) is 45.9 Å². The molecular weight excluding hydrogens is 482 g/mol. The largest absolute Gasteiger partial charge is 0.493 e. The molecule has 0 fully saturated rings. The van der Waals surface area contributed by atoms with Crippen LogP contribution >= 0.6 is 22.7 Å². The molecule has 35 heavy (non-hydrogen) atoms. The highest BCUT2D eigenvalue weighted by molar-refractivity contribution is 7.09. The van der Waals surface area contributed by atoms with Crippen LogP contribution in [0.2, 0.25) is 0 Å². The van der Waals surface area contributed by atoms with Gasteiger partial charge in [0.25, 0.3) is 0 Å². The quantitative estimate of drug-likeness (QED) is 0.277. The molecule has 4 rings (SSSR count). The van der Waals surface area contributed by atoms with Crippen molar-refractivity contribution in [2.24, 2.45) is 0 Å². The number of carboxylic acids is 1. The number of benzene rings is 1. The fourth-order valence-electron chi connectivity index (χ4n) is 3.26. The van der Waals surface area contributed by atoms with Crippen LogP contribution < -0.4 is 9.47 Å². The lowest BCUT2D eigenvalue weighted by Crippen LogP contribution is -2.04. The van der Waals surface area contributed by atoms with Crippen LogP contribution in [0.4, 0.5) is 0 Å². The van der Waals surface area contributed by atoms with Gasteiger partial charge in [0.2, 0.25) is 0 Å². The van der Waals surface area contributed by atoms with Crippen LogP contribution in [0.15, 0.2) is 47.3 Å². The van der Waals surface area contributed by atoms with E-state index >= 15 is 0 Å². The van der Waals surface area contributed by atoms with E-state index < -0.39 is 5.97 Å². The van der Waals surface area contributed by atoms with Crippen LogP contribution in [-0.4, -0.2) is 39.2 Å². The molecule has 9 heteroatoms. The first-order valence-electron chi connectivity index (χ1n) is 11.0. The van der Waals surface area contributed by atoms with Gasteiger partial charge in [-0.05, 0) is 49.8 Å². The van der Waals surface area contributed by atoms with Crippen molar-refractivity contribution >= 4 is 40.8 Å². The molecule has 0 spiro atoms. The monoisotopic (exact) mass is 507 g/mol. The van der Waals surface area contributed by atoms with Crippen molar-refractivity contribution in [3.05, 3.63) is 85.5 Å². The molecule has 1 aromatic carbocycles. The Morgan fingerprint density at radius 2 is 1.51 bits per heavy atom. The summed E-state index contributed by atoms with van der Waals surface area (Å²) in [4.78, 5) is 24.2. The van der Waals surface area contributed by atoms with Gasteiger partial charge in [0.15, 0.2) is 0 Å². The Bertz CT molecular complexity index is 1250. The lowest BCUT2D eigenvalue weighted by Gasteiger charge is -2.11. The third kappa shape index (κ3) is 7.46. The predicted molar refractivity (Wildman–Crippen MR) is 139 cm³/mol. The molecule has 0 aliphatic rings. The summed E-state index contributed by atoms with van der Waals surface area (Å²) >= 11 is 3.27. The third-order valence-corrected chi connectivity index (χ3v) is 6.61. The molecule has 1 N–H and O–H groups in total. The Morgan fingerprint density at radius 3 is 1.97 bits per heavy atom. The van der Waals surface area contributed by atoms with Crippen LogP contribution in [0, 0.1) is 13.8 Å². The summed E-state index contributed by atoms with van der Waals surface area (Å²) in [6.45, 7) is 5.00. The molecule has 180 valence electrons. The summed E-state index contributed by atoms with van der Waals surface area (Å²) < 4.78 is 12.0. The molecule has 0 radical (unpaired) electrons. The second-order valence-electron chi connectivity index (χ2n) is 7.76. The lowest BCUT2D eigenvalue weighted by molar-refractivity contribution is 0.0696. The number of hydrogen-bond donors (Lipinski definition) is 1. The summed E-state index contributed by atoms with van der Waals surface area (Å²) in [5, 5.41) is 15.2. The zero-order valence-electron chi connectivity index (χ0n) is 19.4. The van der Waals surface area contributed by atoms with Crippen LogP contribution in [0.3, 0.4) is 0 Å². The van der Waals surface area contributed by atoms with Crippen LogP contribution in [-0.2, 0) is 12.8 Å². The van der Waals surface area contributed by atoms with Crippen LogP contribution in [0.25, 0.3) is 12.2 Å². The molecule has 3 heterocycles. The summed E-state index contributed by atoms with van der Waals surface area (Å²) in [5.74, 6) is 0.404. The second kappa shape index (κ2) is 11.7. The summed E-state index contributed by atoms with van der Waals surface area (Å²) in [7, 11) is 0. The van der Waals surface area contributed by atoms with E-state index in [4.69, 9.17) is 14.6 Å². The summed E-state index contributed by atoms with van der Waals surface area (Å²) in [6.07, 6.45) is 6.52. The van der Waals surface area contributed by atoms with E-state index in [1.54, 1.807) is 28.7 Å². The van der Waals surface area contributed by atoms with Crippen molar-refractivity contribution < 1.29 is 19.4 Å². The zero-order chi connectivity index (χ0) is 24.6. The number of aromatic carboxylic acids is 1. The zero-order valence-corrected chi connectivity index (χ0v) is 21.1. The number of pyridine rings is 1. The SMILES string of the molecule is Cc1nc(CCOc2cc(/C=C/c3ccc(C(=O)O)cn3)cc(OCCc3csc(C)n3)c2)cs1. The predicted octanol–water partition coefficient (Wildman–Crippen LogP) is 5.72. The van der Waals surface area contributed by atoms with Crippen LogP contribution in [0.5, 0.6) is 11.5 Å². The van der Waals surface area contributed by atoms with Gasteiger partial charge in [-0.25, -0.2) is 14.8 Å². The van der Waals surface area contributed by atoms with Gasteiger partial charge in [-0.3, -0.25) is 4.98 Å². The molecule has 0 aliphatic carbocycles. The van der Waals surface area contributed by atoms with E-state index in [0.717, 1.165) is 39.8 Å². The van der Waals surface area contributed by atoms with Crippen molar-refractivity contribution in [3.8, 4) is 11.5 Å². The number of aromatic nitrogens is 3. The molecule has 0 aliphatic heterocycles. The van der Waals surface area contributed by atoms with Crippen molar-refractivity contribution in [2.45, 2.75) is 26.7 Å². The summed E-state index contributed by atoms with van der Waals surface area (Å²) in [5.41, 5.74) is 3.74. The normalized spacial score (nSPS) is 11.1. The Morgan fingerprint density at radius 1 is 0.914 bits per heavy atom. The van der Waals surface area contributed by atoms with Crippen molar-refractivity contribution in [1.82, 2.24) is 15.0 Å². The maximum absolute atomic E-state index is 11.0. The minimum atomic E-state index is -1.000. The molecular formula is C26H25N3O4S2. The molecule has 0 unspecified atom stereocenters. The van der Waals surface area contributed by atoms with Gasteiger partial charge in [0, 0.05) is 35.9 Å². The van der Waals surface area contributed by atoms with E-state index in [-0.39, 0.29) is 5.56 Å². The number of carboxylic acid groups (broad SMARTS) is 1. The van der Waals surface area contributed by atoms with Gasteiger partial charge in [-0.1, -0.05) is 6.08 Å². The van der Waals surface area contributed by atoms with Gasteiger partial charge in [-0.15, -0.1) is 22.7 Å². The Kier molecular flexibility index (Phi) is 8.23. The average molecular weight is 508 g/mol.